The van der Waals surface area contributed by atoms with Crippen LogP contribution in [-0.2, 0) is 16.0 Å². The maximum Gasteiger partial charge on any atom is 0.308 e. The molecule has 1 amide bonds. The van der Waals surface area contributed by atoms with E-state index in [0.717, 1.165) is 29.8 Å². The summed E-state index contributed by atoms with van der Waals surface area (Å²) in [5, 5.41) is 10.5. The van der Waals surface area contributed by atoms with Gasteiger partial charge in [-0.2, -0.15) is 0 Å². The monoisotopic (exact) mass is 530 g/mol. The molecule has 1 fully saturated rings. The van der Waals surface area contributed by atoms with E-state index in [1.54, 1.807) is 23.5 Å². The van der Waals surface area contributed by atoms with Crippen molar-refractivity contribution in [3.05, 3.63) is 78.4 Å². The average molecular weight is 531 g/mol. The van der Waals surface area contributed by atoms with E-state index in [9.17, 15) is 14.7 Å². The lowest BCUT2D eigenvalue weighted by molar-refractivity contribution is -0.143. The first kappa shape index (κ1) is 26.6. The summed E-state index contributed by atoms with van der Waals surface area (Å²) in [7, 11) is 0. The molecular formula is C30H34N4O5. The highest BCUT2D eigenvalue weighted by Crippen LogP contribution is 2.43. The summed E-state index contributed by atoms with van der Waals surface area (Å²) in [6, 6.07) is 14.7. The molecule has 5 rings (SSSR count). The Balaban J connectivity index is 1.43. The predicted octanol–water partition coefficient (Wildman–Crippen LogP) is 4.14. The summed E-state index contributed by atoms with van der Waals surface area (Å²) in [4.78, 5) is 39.0. The number of anilines is 1. The van der Waals surface area contributed by atoms with Crippen molar-refractivity contribution in [3.63, 3.8) is 0 Å². The molecule has 39 heavy (non-hydrogen) atoms. The van der Waals surface area contributed by atoms with Crippen molar-refractivity contribution in [2.45, 2.75) is 44.6 Å². The standard InChI is InChI=1S/C30H34N4O5/c1-2-3-15-34(23-8-6-13-31-17-23)28(35)19-33-18-24(21-9-12-26-27(16-21)39-20-38-26)29(30(36)37)25(33)11-10-22-7-4-5-14-32-22/h4-9,12-14,16-17,24-25,29H,2-3,10-11,15,18-20H2,1H3,(H,36,37)/t24-,25+,29?/m1/s1. The van der Waals surface area contributed by atoms with Crippen molar-refractivity contribution in [3.8, 4) is 11.5 Å². The molecule has 1 unspecified atom stereocenters. The van der Waals surface area contributed by atoms with Crippen molar-refractivity contribution in [1.29, 1.82) is 0 Å². The third kappa shape index (κ3) is 6.04. The molecule has 204 valence electrons. The number of carboxylic acids is 1. The Kier molecular flexibility index (Phi) is 8.36. The molecule has 1 aromatic carbocycles. The number of aliphatic carboxylic acids is 1. The number of unbranched alkanes of at least 4 members (excludes halogenated alkanes) is 1. The number of carboxylic acid groups (broad SMARTS) is 1. The van der Waals surface area contributed by atoms with Gasteiger partial charge in [-0.25, -0.2) is 0 Å². The van der Waals surface area contributed by atoms with Crippen molar-refractivity contribution >= 4 is 17.6 Å². The number of aromatic nitrogens is 2. The van der Waals surface area contributed by atoms with Crippen LogP contribution in [0.3, 0.4) is 0 Å². The molecule has 3 aromatic rings. The number of pyridine rings is 2. The van der Waals surface area contributed by atoms with Gasteiger partial charge in [-0.05, 0) is 61.2 Å². The van der Waals surface area contributed by atoms with Crippen molar-refractivity contribution < 1.29 is 24.2 Å². The number of fused-ring (bicyclic) bond motifs is 1. The van der Waals surface area contributed by atoms with Gasteiger partial charge in [-0.1, -0.05) is 25.5 Å². The van der Waals surface area contributed by atoms with Crippen molar-refractivity contribution in [1.82, 2.24) is 14.9 Å². The highest BCUT2D eigenvalue weighted by Gasteiger charge is 2.47. The van der Waals surface area contributed by atoms with E-state index in [1.165, 1.54) is 0 Å². The van der Waals surface area contributed by atoms with Crippen LogP contribution in [0.25, 0.3) is 0 Å². The van der Waals surface area contributed by atoms with Gasteiger partial charge in [-0.15, -0.1) is 0 Å². The Bertz CT molecular complexity index is 1270. The maximum atomic E-state index is 13.8. The number of likely N-dealkylation sites (tertiary alicyclic amines) is 1. The van der Waals surface area contributed by atoms with Crippen LogP contribution >= 0.6 is 0 Å². The van der Waals surface area contributed by atoms with Crippen LogP contribution in [0, 0.1) is 5.92 Å². The zero-order valence-corrected chi connectivity index (χ0v) is 22.1. The number of nitrogens with zero attached hydrogens (tertiary/aromatic N) is 4. The fraction of sp³-hybridized carbons (Fsp3) is 0.400. The summed E-state index contributed by atoms with van der Waals surface area (Å²) in [5.74, 6) is -0.641. The number of rotatable bonds is 11. The van der Waals surface area contributed by atoms with Gasteiger partial charge in [-0.3, -0.25) is 24.5 Å². The molecule has 4 heterocycles. The number of carbonyl (C=O) groups excluding carboxylic acids is 1. The largest absolute Gasteiger partial charge is 0.481 e. The Labute approximate surface area is 228 Å². The molecule has 1 N–H and O–H groups in total. The fourth-order valence-corrected chi connectivity index (χ4v) is 5.66. The average Bonchev–Trinajstić information content (AvgIpc) is 3.57. The maximum absolute atomic E-state index is 13.8. The first-order valence-electron chi connectivity index (χ1n) is 13.5. The SMILES string of the molecule is CCCCN(C(=O)CN1C[C@H](c2ccc3c(c2)OCO3)C(C(=O)O)[C@@H]1CCc1ccccn1)c1cccnc1. The molecule has 0 spiro atoms. The second-order valence-corrected chi connectivity index (χ2v) is 10.0. The lowest BCUT2D eigenvalue weighted by atomic mass is 9.83. The molecule has 9 nitrogen and oxygen atoms in total. The molecule has 0 saturated carbocycles. The Morgan fingerprint density at radius 2 is 1.97 bits per heavy atom. The van der Waals surface area contributed by atoms with E-state index in [-0.39, 0.29) is 31.2 Å². The van der Waals surface area contributed by atoms with Gasteiger partial charge in [0, 0.05) is 43.1 Å². The molecule has 3 atom stereocenters. The van der Waals surface area contributed by atoms with E-state index in [2.05, 4.69) is 21.8 Å². The minimum Gasteiger partial charge on any atom is -0.481 e. The van der Waals surface area contributed by atoms with Gasteiger partial charge < -0.3 is 19.5 Å². The first-order valence-corrected chi connectivity index (χ1v) is 13.5. The second-order valence-electron chi connectivity index (χ2n) is 10.0. The first-order chi connectivity index (χ1) is 19.0. The van der Waals surface area contributed by atoms with Gasteiger partial charge in [0.25, 0.3) is 0 Å². The van der Waals surface area contributed by atoms with Gasteiger partial charge >= 0.3 is 5.97 Å². The van der Waals surface area contributed by atoms with Crippen LogP contribution in [0.1, 0.15) is 43.4 Å². The van der Waals surface area contributed by atoms with Gasteiger partial charge in [0.1, 0.15) is 0 Å². The van der Waals surface area contributed by atoms with Gasteiger partial charge in [0.15, 0.2) is 11.5 Å². The lowest BCUT2D eigenvalue weighted by Gasteiger charge is -2.29. The van der Waals surface area contributed by atoms with Crippen LogP contribution in [0.4, 0.5) is 5.69 Å². The topological polar surface area (TPSA) is 105 Å². The van der Waals surface area contributed by atoms with E-state index < -0.39 is 11.9 Å². The van der Waals surface area contributed by atoms with E-state index in [4.69, 9.17) is 9.47 Å². The summed E-state index contributed by atoms with van der Waals surface area (Å²) < 4.78 is 11.0. The van der Waals surface area contributed by atoms with Crippen LogP contribution in [0.15, 0.2) is 67.1 Å². The minimum atomic E-state index is -0.867. The van der Waals surface area contributed by atoms with Gasteiger partial charge in [0.2, 0.25) is 12.7 Å². The predicted molar refractivity (Wildman–Crippen MR) is 146 cm³/mol. The Hall–Kier alpha value is -3.98. The quantitative estimate of drug-likeness (QED) is 0.394. The van der Waals surface area contributed by atoms with E-state index in [1.807, 2.05) is 48.5 Å². The third-order valence-corrected chi connectivity index (χ3v) is 7.61. The molecule has 1 saturated heterocycles. The highest BCUT2D eigenvalue weighted by atomic mass is 16.7. The molecule has 0 bridgehead atoms. The number of amides is 1. The molecule has 2 aromatic heterocycles. The second kappa shape index (κ2) is 12.3. The Morgan fingerprint density at radius 1 is 1.10 bits per heavy atom. The van der Waals surface area contributed by atoms with Crippen LogP contribution in [0.5, 0.6) is 11.5 Å². The van der Waals surface area contributed by atoms with Crippen molar-refractivity contribution in [2.75, 3.05) is 31.3 Å². The van der Waals surface area contributed by atoms with Gasteiger partial charge in [0.05, 0.1) is 24.3 Å². The minimum absolute atomic E-state index is 0.0604. The number of carbonyl (C=O) groups is 2. The lowest BCUT2D eigenvalue weighted by Crippen LogP contribution is -2.44. The summed E-state index contributed by atoms with van der Waals surface area (Å²) >= 11 is 0. The fourth-order valence-electron chi connectivity index (χ4n) is 5.66. The normalized spacial score (nSPS) is 20.2. The molecule has 0 aliphatic carbocycles. The smallest absolute Gasteiger partial charge is 0.308 e. The number of benzene rings is 1. The number of hydrogen-bond acceptors (Lipinski definition) is 7. The van der Waals surface area contributed by atoms with Crippen LogP contribution < -0.4 is 14.4 Å². The van der Waals surface area contributed by atoms with E-state index >= 15 is 0 Å². The molecule has 0 radical (unpaired) electrons. The summed E-state index contributed by atoms with van der Waals surface area (Å²) in [5.41, 5.74) is 2.53. The van der Waals surface area contributed by atoms with Crippen LogP contribution in [0.2, 0.25) is 0 Å². The molecule has 2 aliphatic heterocycles. The number of hydrogen-bond donors (Lipinski definition) is 1. The number of aryl methyl sites for hydroxylation is 1. The summed E-state index contributed by atoms with van der Waals surface area (Å²) in [6.45, 7) is 3.40. The number of ether oxygens (including phenoxy) is 2. The van der Waals surface area contributed by atoms with Crippen molar-refractivity contribution in [2.24, 2.45) is 5.92 Å². The third-order valence-electron chi connectivity index (χ3n) is 7.61. The highest BCUT2D eigenvalue weighted by molar-refractivity contribution is 5.94. The van der Waals surface area contributed by atoms with Crippen LogP contribution in [-0.4, -0.2) is 64.3 Å². The molecular weight excluding hydrogens is 496 g/mol. The summed E-state index contributed by atoms with van der Waals surface area (Å²) in [6.07, 6.45) is 8.14. The molecule has 9 heteroatoms. The van der Waals surface area contributed by atoms with E-state index in [0.29, 0.717) is 37.4 Å². The Morgan fingerprint density at radius 3 is 2.72 bits per heavy atom. The zero-order chi connectivity index (χ0) is 27.2. The zero-order valence-electron chi connectivity index (χ0n) is 22.1. The molecule has 2 aliphatic rings.